The SMILES string of the molecule is CCCOc1cccc(C2/C(=C(/O)c3cccc(OCC(C)C)c3)C(=O)C(=O)N2c2ccc(C#N)cc2)c1. The zero-order valence-corrected chi connectivity index (χ0v) is 21.7. The Balaban J connectivity index is 1.86. The van der Waals surface area contributed by atoms with Gasteiger partial charge in [-0.3, -0.25) is 14.5 Å². The summed E-state index contributed by atoms with van der Waals surface area (Å²) >= 11 is 0. The number of Topliss-reactive ketones (excluding diaryl/α,β-unsaturated/α-hetero) is 1. The smallest absolute Gasteiger partial charge is 0.300 e. The van der Waals surface area contributed by atoms with Crippen molar-refractivity contribution < 1.29 is 24.2 Å². The molecular weight excluding hydrogens is 480 g/mol. The number of benzene rings is 3. The van der Waals surface area contributed by atoms with Crippen LogP contribution in [-0.2, 0) is 9.59 Å². The molecular formula is C31H30N2O5. The van der Waals surface area contributed by atoms with Crippen LogP contribution in [-0.4, -0.2) is 30.0 Å². The lowest BCUT2D eigenvalue weighted by molar-refractivity contribution is -0.132. The highest BCUT2D eigenvalue weighted by Crippen LogP contribution is 2.43. The molecule has 4 rings (SSSR count). The van der Waals surface area contributed by atoms with Crippen molar-refractivity contribution in [2.45, 2.75) is 33.2 Å². The molecule has 1 aliphatic heterocycles. The molecule has 0 radical (unpaired) electrons. The minimum absolute atomic E-state index is 0.0342. The Bertz CT molecular complexity index is 1400. The summed E-state index contributed by atoms with van der Waals surface area (Å²) in [4.78, 5) is 28.2. The Hall–Kier alpha value is -4.57. The summed E-state index contributed by atoms with van der Waals surface area (Å²) in [7, 11) is 0. The number of aliphatic hydroxyl groups is 1. The molecule has 1 aliphatic rings. The first-order valence-electron chi connectivity index (χ1n) is 12.6. The van der Waals surface area contributed by atoms with Crippen LogP contribution >= 0.6 is 0 Å². The molecule has 194 valence electrons. The molecule has 0 aliphatic carbocycles. The van der Waals surface area contributed by atoms with Crippen LogP contribution < -0.4 is 14.4 Å². The summed E-state index contributed by atoms with van der Waals surface area (Å²) in [5, 5.41) is 20.7. The minimum Gasteiger partial charge on any atom is -0.507 e. The van der Waals surface area contributed by atoms with Gasteiger partial charge in [-0.25, -0.2) is 0 Å². The molecule has 0 bridgehead atoms. The molecule has 0 saturated carbocycles. The number of carbonyl (C=O) groups excluding carboxylic acids is 2. The van der Waals surface area contributed by atoms with Crippen LogP contribution in [0.25, 0.3) is 5.76 Å². The van der Waals surface area contributed by atoms with E-state index in [1.807, 2.05) is 26.8 Å². The van der Waals surface area contributed by atoms with E-state index < -0.39 is 17.7 Å². The van der Waals surface area contributed by atoms with Crippen LogP contribution in [0.5, 0.6) is 11.5 Å². The number of carbonyl (C=O) groups is 2. The molecule has 0 spiro atoms. The Morgan fingerprint density at radius 2 is 1.68 bits per heavy atom. The van der Waals surface area contributed by atoms with E-state index in [0.717, 1.165) is 6.42 Å². The maximum atomic E-state index is 13.4. The summed E-state index contributed by atoms with van der Waals surface area (Å²) in [6.07, 6.45) is 0.823. The number of anilines is 1. The van der Waals surface area contributed by atoms with Crippen molar-refractivity contribution in [2.24, 2.45) is 5.92 Å². The first-order chi connectivity index (χ1) is 18.3. The van der Waals surface area contributed by atoms with Gasteiger partial charge in [0, 0.05) is 11.3 Å². The van der Waals surface area contributed by atoms with Gasteiger partial charge in [0.05, 0.1) is 36.5 Å². The van der Waals surface area contributed by atoms with Crippen LogP contribution in [0.4, 0.5) is 5.69 Å². The molecule has 0 aromatic heterocycles. The Kier molecular flexibility index (Phi) is 8.12. The molecule has 1 atom stereocenters. The molecule has 1 unspecified atom stereocenters. The number of rotatable bonds is 9. The van der Waals surface area contributed by atoms with Crippen LogP contribution in [0.1, 0.15) is 49.9 Å². The number of nitriles is 1. The van der Waals surface area contributed by atoms with Crippen molar-refractivity contribution in [3.63, 3.8) is 0 Å². The van der Waals surface area contributed by atoms with E-state index in [9.17, 15) is 20.0 Å². The Morgan fingerprint density at radius 3 is 2.34 bits per heavy atom. The zero-order chi connectivity index (χ0) is 27.2. The highest BCUT2D eigenvalue weighted by Gasteiger charge is 2.47. The molecule has 7 nitrogen and oxygen atoms in total. The fourth-order valence-electron chi connectivity index (χ4n) is 4.26. The highest BCUT2D eigenvalue weighted by molar-refractivity contribution is 6.51. The molecule has 1 amide bonds. The van der Waals surface area contributed by atoms with Gasteiger partial charge in [-0.05, 0) is 66.4 Å². The van der Waals surface area contributed by atoms with Gasteiger partial charge in [-0.15, -0.1) is 0 Å². The molecule has 7 heteroatoms. The standard InChI is InChI=1S/C31H30N2O5/c1-4-15-37-25-9-5-7-22(16-25)28-27(29(34)23-8-6-10-26(17-23)38-19-20(2)3)30(35)31(36)33(28)24-13-11-21(18-32)12-14-24/h5-14,16-17,20,28,34H,4,15,19H2,1-3H3/b29-27-. The van der Waals surface area contributed by atoms with Gasteiger partial charge >= 0.3 is 0 Å². The molecule has 38 heavy (non-hydrogen) atoms. The van der Waals surface area contributed by atoms with Crippen molar-refractivity contribution in [3.8, 4) is 17.6 Å². The molecule has 1 N–H and O–H groups in total. The van der Waals surface area contributed by atoms with E-state index in [1.165, 1.54) is 4.90 Å². The van der Waals surface area contributed by atoms with Crippen LogP contribution in [0, 0.1) is 17.2 Å². The van der Waals surface area contributed by atoms with Crippen molar-refractivity contribution in [1.29, 1.82) is 5.26 Å². The quantitative estimate of drug-likeness (QED) is 0.215. The number of hydrogen-bond acceptors (Lipinski definition) is 6. The number of ether oxygens (including phenoxy) is 2. The Labute approximate surface area is 222 Å². The van der Waals surface area contributed by atoms with Crippen molar-refractivity contribution in [1.82, 2.24) is 0 Å². The predicted molar refractivity (Wildman–Crippen MR) is 145 cm³/mol. The second-order valence-corrected chi connectivity index (χ2v) is 9.48. The van der Waals surface area contributed by atoms with Gasteiger partial charge in [-0.2, -0.15) is 5.26 Å². The van der Waals surface area contributed by atoms with E-state index in [0.29, 0.717) is 53.0 Å². The van der Waals surface area contributed by atoms with Gasteiger partial charge in [0.25, 0.3) is 11.7 Å². The van der Waals surface area contributed by atoms with Gasteiger partial charge in [0.2, 0.25) is 0 Å². The molecule has 3 aromatic rings. The minimum atomic E-state index is -0.909. The maximum absolute atomic E-state index is 13.4. The number of aliphatic hydroxyl groups excluding tert-OH is 1. The lowest BCUT2D eigenvalue weighted by Crippen LogP contribution is -2.29. The van der Waals surface area contributed by atoms with Gasteiger partial charge < -0.3 is 14.6 Å². The highest BCUT2D eigenvalue weighted by atomic mass is 16.5. The summed E-state index contributed by atoms with van der Waals surface area (Å²) in [5.41, 5.74) is 1.80. The monoisotopic (exact) mass is 510 g/mol. The summed E-state index contributed by atoms with van der Waals surface area (Å²) in [5.74, 6) is -0.403. The first kappa shape index (κ1) is 26.5. The molecule has 1 heterocycles. The first-order valence-corrected chi connectivity index (χ1v) is 12.6. The molecule has 1 fully saturated rings. The number of ketones is 1. The fraction of sp³-hybridized carbons (Fsp3) is 0.258. The number of hydrogen-bond donors (Lipinski definition) is 1. The number of nitrogens with zero attached hydrogens (tertiary/aromatic N) is 2. The molecule has 3 aromatic carbocycles. The average molecular weight is 511 g/mol. The van der Waals surface area contributed by atoms with E-state index in [1.54, 1.807) is 66.7 Å². The lowest BCUT2D eigenvalue weighted by Gasteiger charge is -2.26. The van der Waals surface area contributed by atoms with Gasteiger partial charge in [-0.1, -0.05) is 45.0 Å². The Morgan fingerprint density at radius 1 is 1.00 bits per heavy atom. The van der Waals surface area contributed by atoms with Gasteiger partial charge in [0.15, 0.2) is 0 Å². The van der Waals surface area contributed by atoms with Crippen molar-refractivity contribution >= 4 is 23.1 Å². The van der Waals surface area contributed by atoms with Gasteiger partial charge in [0.1, 0.15) is 17.3 Å². The maximum Gasteiger partial charge on any atom is 0.300 e. The molecule has 1 saturated heterocycles. The summed E-state index contributed by atoms with van der Waals surface area (Å²) < 4.78 is 11.6. The van der Waals surface area contributed by atoms with Crippen LogP contribution in [0.3, 0.4) is 0 Å². The third-order valence-electron chi connectivity index (χ3n) is 6.06. The number of amides is 1. The summed E-state index contributed by atoms with van der Waals surface area (Å²) in [6, 6.07) is 21.6. The van der Waals surface area contributed by atoms with Crippen molar-refractivity contribution in [3.05, 3.63) is 95.1 Å². The second-order valence-electron chi connectivity index (χ2n) is 9.48. The van der Waals surface area contributed by atoms with E-state index in [4.69, 9.17) is 9.47 Å². The predicted octanol–water partition coefficient (Wildman–Crippen LogP) is 6.01. The van der Waals surface area contributed by atoms with E-state index >= 15 is 0 Å². The average Bonchev–Trinajstić information content (AvgIpc) is 3.20. The van der Waals surface area contributed by atoms with Crippen LogP contribution in [0.15, 0.2) is 78.4 Å². The largest absolute Gasteiger partial charge is 0.507 e. The topological polar surface area (TPSA) is 99.9 Å². The third kappa shape index (κ3) is 5.55. The lowest BCUT2D eigenvalue weighted by atomic mass is 9.95. The van der Waals surface area contributed by atoms with E-state index in [2.05, 4.69) is 6.07 Å². The van der Waals surface area contributed by atoms with Crippen molar-refractivity contribution in [2.75, 3.05) is 18.1 Å². The second kappa shape index (κ2) is 11.7. The third-order valence-corrected chi connectivity index (χ3v) is 6.06. The van der Waals surface area contributed by atoms with E-state index in [-0.39, 0.29) is 11.3 Å². The zero-order valence-electron chi connectivity index (χ0n) is 21.7. The fourth-order valence-corrected chi connectivity index (χ4v) is 4.26. The normalized spacial score (nSPS) is 16.5. The van der Waals surface area contributed by atoms with Crippen LogP contribution in [0.2, 0.25) is 0 Å². The summed E-state index contributed by atoms with van der Waals surface area (Å²) in [6.45, 7) is 7.09.